The molecule has 1 fully saturated rings. The molecular weight excluding hydrogens is 264 g/mol. The fourth-order valence-corrected chi connectivity index (χ4v) is 2.48. The zero-order chi connectivity index (χ0) is 13.0. The number of carbonyl (C=O) groups excluding carboxylic acids is 2. The summed E-state index contributed by atoms with van der Waals surface area (Å²) in [6.07, 6.45) is 1.29. The van der Waals surface area contributed by atoms with Crippen molar-refractivity contribution in [1.82, 2.24) is 15.3 Å². The maximum atomic E-state index is 11.5. The summed E-state index contributed by atoms with van der Waals surface area (Å²) < 4.78 is 4.53. The summed E-state index contributed by atoms with van der Waals surface area (Å²) in [7, 11) is 4.45. The van der Waals surface area contributed by atoms with E-state index < -0.39 is 12.1 Å². The lowest BCUT2D eigenvalue weighted by atomic mass is 10.8. The van der Waals surface area contributed by atoms with Crippen molar-refractivity contribution >= 4 is 40.8 Å². The van der Waals surface area contributed by atoms with Crippen LogP contribution in [0.3, 0.4) is 0 Å². The maximum Gasteiger partial charge on any atom is 0.430 e. The normalized spacial score (nSPS) is 21.8. The highest BCUT2D eigenvalue weighted by Gasteiger charge is 2.34. The van der Waals surface area contributed by atoms with Crippen LogP contribution in [-0.2, 0) is 4.74 Å². The van der Waals surface area contributed by atoms with E-state index in [1.54, 1.807) is 14.1 Å². The number of rotatable bonds is 1. The molecule has 1 atom stereocenters. The zero-order valence-corrected chi connectivity index (χ0v) is 11.6. The first-order valence-corrected chi connectivity index (χ1v) is 6.80. The third-order valence-electron chi connectivity index (χ3n) is 1.78. The molecule has 1 saturated heterocycles. The molecule has 96 valence electrons. The van der Waals surface area contributed by atoms with Gasteiger partial charge in [0.1, 0.15) is 4.71 Å². The Hall–Kier alpha value is -0.930. The number of amides is 3. The molecule has 1 aliphatic heterocycles. The quantitative estimate of drug-likeness (QED) is 0.771. The van der Waals surface area contributed by atoms with Crippen LogP contribution in [0.5, 0.6) is 0 Å². The van der Waals surface area contributed by atoms with E-state index >= 15 is 0 Å². The topological polar surface area (TPSA) is 74.2 Å². The minimum Gasteiger partial charge on any atom is -0.451 e. The lowest BCUT2D eigenvalue weighted by molar-refractivity contribution is 0.136. The first-order valence-electron chi connectivity index (χ1n) is 4.63. The number of hydrazine groups is 1. The van der Waals surface area contributed by atoms with Gasteiger partial charge in [0.2, 0.25) is 0 Å². The lowest BCUT2D eigenvalue weighted by Crippen LogP contribution is -2.42. The Labute approximate surface area is 108 Å². The van der Waals surface area contributed by atoms with Crippen molar-refractivity contribution in [2.24, 2.45) is 4.99 Å². The van der Waals surface area contributed by atoms with E-state index in [1.165, 1.54) is 35.5 Å². The smallest absolute Gasteiger partial charge is 0.430 e. The SMILES string of the molecule is COC(=O)N1NC(SC)SC1=NC(=O)N(C)C. The Morgan fingerprint density at radius 3 is 2.71 bits per heavy atom. The van der Waals surface area contributed by atoms with E-state index in [9.17, 15) is 9.59 Å². The van der Waals surface area contributed by atoms with Gasteiger partial charge in [-0.05, 0) is 6.26 Å². The number of urea groups is 1. The highest BCUT2D eigenvalue weighted by molar-refractivity contribution is 8.25. The van der Waals surface area contributed by atoms with E-state index in [0.717, 1.165) is 5.01 Å². The third-order valence-corrected chi connectivity index (χ3v) is 3.99. The van der Waals surface area contributed by atoms with Crippen LogP contribution in [0.4, 0.5) is 9.59 Å². The molecule has 0 saturated carbocycles. The molecule has 1 heterocycles. The number of nitrogens with one attached hydrogen (secondary N) is 1. The molecule has 0 aromatic heterocycles. The van der Waals surface area contributed by atoms with Gasteiger partial charge in [0.25, 0.3) is 0 Å². The van der Waals surface area contributed by atoms with Crippen molar-refractivity contribution in [2.75, 3.05) is 27.5 Å². The Bertz CT molecular complexity index is 348. The summed E-state index contributed by atoms with van der Waals surface area (Å²) in [6.45, 7) is 0. The first kappa shape index (κ1) is 14.1. The van der Waals surface area contributed by atoms with Gasteiger partial charge in [-0.2, -0.15) is 15.4 Å². The largest absolute Gasteiger partial charge is 0.451 e. The molecule has 7 nitrogen and oxygen atoms in total. The van der Waals surface area contributed by atoms with Gasteiger partial charge in [-0.25, -0.2) is 9.59 Å². The molecule has 9 heteroatoms. The number of methoxy groups -OCH3 is 1. The number of aliphatic imine (C=N–C) groups is 1. The second-order valence-electron chi connectivity index (χ2n) is 3.19. The molecule has 0 bridgehead atoms. The van der Waals surface area contributed by atoms with Gasteiger partial charge in [0.15, 0.2) is 5.17 Å². The summed E-state index contributed by atoms with van der Waals surface area (Å²) in [5, 5.41) is 1.42. The molecule has 0 aromatic carbocycles. The fraction of sp³-hybridized carbons (Fsp3) is 0.625. The monoisotopic (exact) mass is 278 g/mol. The van der Waals surface area contributed by atoms with E-state index in [0.29, 0.717) is 0 Å². The zero-order valence-electron chi connectivity index (χ0n) is 9.96. The van der Waals surface area contributed by atoms with E-state index in [-0.39, 0.29) is 9.87 Å². The lowest BCUT2D eigenvalue weighted by Gasteiger charge is -2.14. The van der Waals surface area contributed by atoms with Gasteiger partial charge in [-0.15, -0.1) is 11.8 Å². The summed E-state index contributed by atoms with van der Waals surface area (Å²) in [5.74, 6) is 0. The van der Waals surface area contributed by atoms with Crippen molar-refractivity contribution in [3.63, 3.8) is 0 Å². The number of thioether (sulfide) groups is 2. The summed E-state index contributed by atoms with van der Waals surface area (Å²) in [4.78, 5) is 28.1. The number of carbonyl (C=O) groups is 2. The summed E-state index contributed by atoms with van der Waals surface area (Å²) in [5.41, 5.74) is 2.87. The van der Waals surface area contributed by atoms with Crippen LogP contribution in [0.2, 0.25) is 0 Å². The molecule has 1 rings (SSSR count). The second-order valence-corrected chi connectivity index (χ2v) is 5.50. The molecule has 0 aliphatic carbocycles. The van der Waals surface area contributed by atoms with Crippen LogP contribution in [0.25, 0.3) is 0 Å². The predicted octanol–water partition coefficient (Wildman–Crippen LogP) is 0.990. The predicted molar refractivity (Wildman–Crippen MR) is 68.8 cm³/mol. The van der Waals surface area contributed by atoms with Crippen LogP contribution < -0.4 is 5.43 Å². The van der Waals surface area contributed by atoms with Crippen LogP contribution in [0.1, 0.15) is 0 Å². The molecule has 17 heavy (non-hydrogen) atoms. The van der Waals surface area contributed by atoms with E-state index in [2.05, 4.69) is 15.2 Å². The number of amidine groups is 1. The minimum absolute atomic E-state index is 0.0668. The minimum atomic E-state index is -0.598. The first-order chi connectivity index (χ1) is 7.99. The van der Waals surface area contributed by atoms with Crippen LogP contribution in [0.15, 0.2) is 4.99 Å². The molecule has 1 aliphatic rings. The average molecular weight is 278 g/mol. The van der Waals surface area contributed by atoms with Gasteiger partial charge in [0, 0.05) is 14.1 Å². The van der Waals surface area contributed by atoms with Crippen LogP contribution in [0, 0.1) is 0 Å². The molecule has 1 unspecified atom stereocenters. The van der Waals surface area contributed by atoms with E-state index in [4.69, 9.17) is 0 Å². The number of ether oxygens (including phenoxy) is 1. The van der Waals surface area contributed by atoms with Crippen molar-refractivity contribution in [1.29, 1.82) is 0 Å². The fourth-order valence-electron chi connectivity index (χ4n) is 0.916. The highest BCUT2D eigenvalue weighted by atomic mass is 32.2. The van der Waals surface area contributed by atoms with Gasteiger partial charge in [0.05, 0.1) is 7.11 Å². The van der Waals surface area contributed by atoms with Crippen molar-refractivity contribution in [3.05, 3.63) is 0 Å². The standard InChI is InChI=1S/C8H14N4O3S2/c1-11(2)5(13)9-6-12(8(14)15-3)10-7(16-4)17-6/h7,10H,1-4H3. The highest BCUT2D eigenvalue weighted by Crippen LogP contribution is 2.28. The maximum absolute atomic E-state index is 11.5. The molecule has 0 aromatic rings. The third kappa shape index (κ3) is 3.51. The van der Waals surface area contributed by atoms with Crippen LogP contribution >= 0.6 is 23.5 Å². The van der Waals surface area contributed by atoms with Gasteiger partial charge < -0.3 is 9.64 Å². The molecule has 0 radical (unpaired) electrons. The molecular formula is C8H14N4O3S2. The summed E-state index contributed by atoms with van der Waals surface area (Å²) >= 11 is 2.79. The Balaban J connectivity index is 2.87. The Morgan fingerprint density at radius 1 is 1.59 bits per heavy atom. The average Bonchev–Trinajstić information content (AvgIpc) is 2.71. The molecule has 1 N–H and O–H groups in total. The number of nitrogens with zero attached hydrogens (tertiary/aromatic N) is 3. The van der Waals surface area contributed by atoms with Crippen molar-refractivity contribution in [3.8, 4) is 0 Å². The number of hydrogen-bond acceptors (Lipinski definition) is 6. The van der Waals surface area contributed by atoms with Gasteiger partial charge in [-0.1, -0.05) is 11.8 Å². The summed E-state index contributed by atoms with van der Waals surface area (Å²) in [6, 6.07) is -0.426. The second kappa shape index (κ2) is 6.12. The van der Waals surface area contributed by atoms with Gasteiger partial charge >= 0.3 is 12.1 Å². The van der Waals surface area contributed by atoms with Gasteiger partial charge in [-0.3, -0.25) is 0 Å². The molecule has 0 spiro atoms. The van der Waals surface area contributed by atoms with E-state index in [1.807, 2.05) is 6.26 Å². The van der Waals surface area contributed by atoms with Crippen molar-refractivity contribution in [2.45, 2.75) is 4.71 Å². The number of hydrogen-bond donors (Lipinski definition) is 1. The Kier molecular flexibility index (Phi) is 5.09. The Morgan fingerprint density at radius 2 is 2.24 bits per heavy atom. The van der Waals surface area contributed by atoms with Crippen molar-refractivity contribution < 1.29 is 14.3 Å². The molecule has 3 amide bonds. The van der Waals surface area contributed by atoms with Crippen LogP contribution in [-0.4, -0.2) is 59.4 Å².